The van der Waals surface area contributed by atoms with Crippen molar-refractivity contribution in [2.75, 3.05) is 56.1 Å². The molecule has 4 rings (SSSR count). The van der Waals surface area contributed by atoms with Crippen LogP contribution >= 0.6 is 11.6 Å². The van der Waals surface area contributed by atoms with E-state index in [9.17, 15) is 9.59 Å². The fourth-order valence-electron chi connectivity index (χ4n) is 3.74. The molecule has 35 heavy (non-hydrogen) atoms. The van der Waals surface area contributed by atoms with Crippen molar-refractivity contribution in [3.05, 3.63) is 76.8 Å². The van der Waals surface area contributed by atoms with E-state index in [1.54, 1.807) is 42.5 Å². The summed E-state index contributed by atoms with van der Waals surface area (Å²) in [5.41, 5.74) is 2.73. The molecule has 1 aliphatic heterocycles. The van der Waals surface area contributed by atoms with E-state index in [-0.39, 0.29) is 11.8 Å². The van der Waals surface area contributed by atoms with Crippen molar-refractivity contribution in [3.8, 4) is 11.5 Å². The number of carbonyl (C=O) groups excluding carboxylic acids is 2. The molecular weight excluding hydrogens is 470 g/mol. The summed E-state index contributed by atoms with van der Waals surface area (Å²) in [6.45, 7) is 2.90. The number of halogens is 1. The summed E-state index contributed by atoms with van der Waals surface area (Å²) in [5, 5.41) is 6.00. The Hall–Kier alpha value is -3.75. The maximum Gasteiger partial charge on any atom is 0.255 e. The Labute approximate surface area is 208 Å². The number of nitrogens with one attached hydrogen (secondary N) is 2. The minimum atomic E-state index is -0.380. The first kappa shape index (κ1) is 24.4. The lowest BCUT2D eigenvalue weighted by Gasteiger charge is -2.29. The number of hydrogen-bond acceptors (Lipinski definition) is 6. The molecule has 0 unspecified atom stereocenters. The molecule has 9 heteroatoms. The van der Waals surface area contributed by atoms with Gasteiger partial charge >= 0.3 is 0 Å². The molecule has 2 N–H and O–H groups in total. The molecule has 3 aromatic rings. The van der Waals surface area contributed by atoms with Gasteiger partial charge in [0.05, 0.1) is 38.1 Å². The first-order valence-electron chi connectivity index (χ1n) is 11.1. The van der Waals surface area contributed by atoms with Gasteiger partial charge in [-0.3, -0.25) is 9.59 Å². The van der Waals surface area contributed by atoms with Crippen LogP contribution in [0.1, 0.15) is 20.7 Å². The van der Waals surface area contributed by atoms with E-state index in [0.29, 0.717) is 52.2 Å². The SMILES string of the molecule is COc1ccc(C(=O)Nc2cc(NC(=O)c3cccc(N4CCOCC4)c3)ccc2Cl)cc1OC. The summed E-state index contributed by atoms with van der Waals surface area (Å²) in [5.74, 6) is 0.310. The maximum atomic E-state index is 12.9. The second kappa shape index (κ2) is 11.1. The minimum Gasteiger partial charge on any atom is -0.493 e. The largest absolute Gasteiger partial charge is 0.493 e. The third kappa shape index (κ3) is 5.85. The summed E-state index contributed by atoms with van der Waals surface area (Å²) in [7, 11) is 3.02. The number of anilines is 3. The van der Waals surface area contributed by atoms with Crippen LogP contribution in [-0.4, -0.2) is 52.3 Å². The lowest BCUT2D eigenvalue weighted by molar-refractivity contribution is 0.101. The van der Waals surface area contributed by atoms with E-state index >= 15 is 0 Å². The average molecular weight is 496 g/mol. The molecule has 0 saturated carbocycles. The zero-order valence-corrected chi connectivity index (χ0v) is 20.2. The first-order chi connectivity index (χ1) is 17.0. The topological polar surface area (TPSA) is 89.1 Å². The smallest absolute Gasteiger partial charge is 0.255 e. The van der Waals surface area contributed by atoms with Crippen molar-refractivity contribution in [1.29, 1.82) is 0 Å². The molecule has 0 aliphatic carbocycles. The third-order valence-corrected chi connectivity index (χ3v) is 5.93. The molecular formula is C26H26ClN3O5. The van der Waals surface area contributed by atoms with E-state index in [4.69, 9.17) is 25.8 Å². The molecule has 8 nitrogen and oxygen atoms in total. The molecule has 1 saturated heterocycles. The van der Waals surface area contributed by atoms with Gasteiger partial charge in [-0.15, -0.1) is 0 Å². The number of morpholine rings is 1. The fourth-order valence-corrected chi connectivity index (χ4v) is 3.90. The molecule has 0 radical (unpaired) electrons. The molecule has 0 aromatic heterocycles. The van der Waals surface area contributed by atoms with Crippen molar-refractivity contribution in [2.24, 2.45) is 0 Å². The summed E-state index contributed by atoms with van der Waals surface area (Å²) < 4.78 is 15.9. The fraction of sp³-hybridized carbons (Fsp3) is 0.231. The van der Waals surface area contributed by atoms with Crippen LogP contribution in [0.2, 0.25) is 5.02 Å². The van der Waals surface area contributed by atoms with Crippen molar-refractivity contribution >= 4 is 40.5 Å². The van der Waals surface area contributed by atoms with Gasteiger partial charge in [0.2, 0.25) is 0 Å². The normalized spacial score (nSPS) is 13.2. The lowest BCUT2D eigenvalue weighted by atomic mass is 10.1. The van der Waals surface area contributed by atoms with Crippen LogP contribution in [0.3, 0.4) is 0 Å². The Morgan fingerprint density at radius 1 is 0.857 bits per heavy atom. The zero-order chi connectivity index (χ0) is 24.8. The van der Waals surface area contributed by atoms with Crippen molar-refractivity contribution < 1.29 is 23.8 Å². The number of carbonyl (C=O) groups is 2. The first-order valence-corrected chi connectivity index (χ1v) is 11.4. The highest BCUT2D eigenvalue weighted by molar-refractivity contribution is 6.34. The Morgan fingerprint density at radius 3 is 2.31 bits per heavy atom. The summed E-state index contributed by atoms with van der Waals surface area (Å²) in [6.07, 6.45) is 0. The molecule has 1 fully saturated rings. The quantitative estimate of drug-likeness (QED) is 0.494. The molecule has 182 valence electrons. The summed E-state index contributed by atoms with van der Waals surface area (Å²) >= 11 is 6.31. The van der Waals surface area contributed by atoms with Crippen LogP contribution < -0.4 is 25.0 Å². The van der Waals surface area contributed by atoms with Gasteiger partial charge in [-0.2, -0.15) is 0 Å². The summed E-state index contributed by atoms with van der Waals surface area (Å²) in [6, 6.07) is 17.2. The van der Waals surface area contributed by atoms with Gasteiger partial charge in [0, 0.05) is 35.6 Å². The highest BCUT2D eigenvalue weighted by Crippen LogP contribution is 2.30. The van der Waals surface area contributed by atoms with E-state index < -0.39 is 0 Å². The van der Waals surface area contributed by atoms with E-state index in [2.05, 4.69) is 15.5 Å². The van der Waals surface area contributed by atoms with Gasteiger partial charge < -0.3 is 29.7 Å². The van der Waals surface area contributed by atoms with Crippen molar-refractivity contribution in [1.82, 2.24) is 0 Å². The molecule has 1 heterocycles. The number of benzene rings is 3. The van der Waals surface area contributed by atoms with Gasteiger partial charge in [-0.25, -0.2) is 0 Å². The second-order valence-corrected chi connectivity index (χ2v) is 8.23. The number of nitrogens with zero attached hydrogens (tertiary/aromatic N) is 1. The molecule has 1 aliphatic rings. The van der Waals surface area contributed by atoms with Crippen LogP contribution in [0.15, 0.2) is 60.7 Å². The monoisotopic (exact) mass is 495 g/mol. The Balaban J connectivity index is 1.48. The van der Waals surface area contributed by atoms with E-state index in [0.717, 1.165) is 18.8 Å². The van der Waals surface area contributed by atoms with Gasteiger partial charge in [0.15, 0.2) is 11.5 Å². The van der Waals surface area contributed by atoms with Crippen LogP contribution in [0.5, 0.6) is 11.5 Å². The highest BCUT2D eigenvalue weighted by Gasteiger charge is 2.16. The molecule has 0 atom stereocenters. The maximum absolute atomic E-state index is 12.9. The predicted octanol–water partition coefficient (Wildman–Crippen LogP) is 4.70. The lowest BCUT2D eigenvalue weighted by Crippen LogP contribution is -2.36. The second-order valence-electron chi connectivity index (χ2n) is 7.82. The van der Waals surface area contributed by atoms with Gasteiger partial charge in [0.1, 0.15) is 0 Å². The van der Waals surface area contributed by atoms with Crippen LogP contribution in [0.4, 0.5) is 17.1 Å². The van der Waals surface area contributed by atoms with Crippen LogP contribution in [0.25, 0.3) is 0 Å². The highest BCUT2D eigenvalue weighted by atomic mass is 35.5. The van der Waals surface area contributed by atoms with Crippen LogP contribution in [-0.2, 0) is 4.74 Å². The number of methoxy groups -OCH3 is 2. The molecule has 0 bridgehead atoms. The Bertz CT molecular complexity index is 1230. The average Bonchev–Trinajstić information content (AvgIpc) is 2.90. The standard InChI is InChI=1S/C26H26ClN3O5/c1-33-23-9-6-18(15-24(23)34-2)26(32)29-22-16-19(7-8-21(22)27)28-25(31)17-4-3-5-20(14-17)30-10-12-35-13-11-30/h3-9,14-16H,10-13H2,1-2H3,(H,28,31)(H,29,32). The predicted molar refractivity (Wildman–Crippen MR) is 136 cm³/mol. The Morgan fingerprint density at radius 2 is 1.57 bits per heavy atom. The van der Waals surface area contributed by atoms with Crippen molar-refractivity contribution in [2.45, 2.75) is 0 Å². The van der Waals surface area contributed by atoms with Crippen molar-refractivity contribution in [3.63, 3.8) is 0 Å². The molecule has 2 amide bonds. The zero-order valence-electron chi connectivity index (χ0n) is 19.5. The minimum absolute atomic E-state index is 0.264. The molecule has 0 spiro atoms. The van der Waals surface area contributed by atoms with E-state index in [1.165, 1.54) is 14.2 Å². The number of hydrogen-bond donors (Lipinski definition) is 2. The third-order valence-electron chi connectivity index (χ3n) is 5.60. The number of amides is 2. The van der Waals surface area contributed by atoms with Gasteiger partial charge in [0.25, 0.3) is 11.8 Å². The number of ether oxygens (including phenoxy) is 3. The molecule has 3 aromatic carbocycles. The van der Waals surface area contributed by atoms with Gasteiger partial charge in [-0.05, 0) is 54.6 Å². The Kier molecular flexibility index (Phi) is 7.74. The van der Waals surface area contributed by atoms with Crippen LogP contribution in [0, 0.1) is 0 Å². The van der Waals surface area contributed by atoms with Gasteiger partial charge in [-0.1, -0.05) is 17.7 Å². The summed E-state index contributed by atoms with van der Waals surface area (Å²) in [4.78, 5) is 27.9. The van der Waals surface area contributed by atoms with E-state index in [1.807, 2.05) is 18.2 Å². The number of rotatable bonds is 7.